The van der Waals surface area contributed by atoms with Crippen LogP contribution in [0.3, 0.4) is 0 Å². The second-order valence-corrected chi connectivity index (χ2v) is 6.64. The van der Waals surface area contributed by atoms with Gasteiger partial charge in [0.25, 0.3) is 5.91 Å². The number of rotatable bonds is 6. The third-order valence-corrected chi connectivity index (χ3v) is 3.90. The quantitative estimate of drug-likeness (QED) is 0.841. The van der Waals surface area contributed by atoms with Crippen LogP contribution in [0.15, 0.2) is 23.0 Å². The molecule has 10 heteroatoms. The predicted octanol–water partition coefficient (Wildman–Crippen LogP) is 2.94. The second-order valence-electron chi connectivity index (χ2n) is 6.64. The van der Waals surface area contributed by atoms with E-state index >= 15 is 0 Å². The Kier molecular flexibility index (Phi) is 4.59. The number of alkyl halides is 3. The highest BCUT2D eigenvalue weighted by Crippen LogP contribution is 2.37. The molecule has 0 saturated heterocycles. The summed E-state index contributed by atoms with van der Waals surface area (Å²) in [7, 11) is 0. The SMILES string of the molecule is CC(C)(NC(=O)c1ccc(C(F)(F)F)c(OCC2CC2)n1)c1ncon1. The lowest BCUT2D eigenvalue weighted by molar-refractivity contribution is -0.139. The molecule has 140 valence electrons. The first-order chi connectivity index (χ1) is 12.2. The van der Waals surface area contributed by atoms with E-state index < -0.39 is 29.1 Å². The molecule has 0 atom stereocenters. The van der Waals surface area contributed by atoms with Crippen LogP contribution >= 0.6 is 0 Å². The Hall–Kier alpha value is -2.65. The molecular weight excluding hydrogens is 353 g/mol. The second kappa shape index (κ2) is 6.58. The Morgan fingerprint density at radius 3 is 2.65 bits per heavy atom. The van der Waals surface area contributed by atoms with Crippen LogP contribution in [0.2, 0.25) is 0 Å². The molecule has 0 bridgehead atoms. The largest absolute Gasteiger partial charge is 0.477 e. The van der Waals surface area contributed by atoms with E-state index in [0.29, 0.717) is 0 Å². The van der Waals surface area contributed by atoms with Gasteiger partial charge in [0.2, 0.25) is 12.3 Å². The number of halogens is 3. The molecule has 1 N–H and O–H groups in total. The maximum Gasteiger partial charge on any atom is 0.421 e. The zero-order valence-electron chi connectivity index (χ0n) is 14.1. The number of hydrogen-bond acceptors (Lipinski definition) is 6. The smallest absolute Gasteiger partial charge is 0.421 e. The van der Waals surface area contributed by atoms with E-state index in [9.17, 15) is 18.0 Å². The standard InChI is InChI=1S/C16H17F3N4O3/c1-15(2,14-20-8-26-23-14)22-12(24)11-6-5-10(16(17,18)19)13(21-11)25-7-9-3-4-9/h5-6,8-9H,3-4,7H2,1-2H3,(H,22,24). The number of pyridine rings is 1. The van der Waals surface area contributed by atoms with Crippen molar-refractivity contribution < 1.29 is 27.2 Å². The van der Waals surface area contributed by atoms with Crippen molar-refractivity contribution in [3.63, 3.8) is 0 Å². The van der Waals surface area contributed by atoms with Gasteiger partial charge in [0.1, 0.15) is 11.3 Å². The van der Waals surface area contributed by atoms with Crippen LogP contribution in [0, 0.1) is 5.92 Å². The van der Waals surface area contributed by atoms with Gasteiger partial charge in [0.15, 0.2) is 5.82 Å². The van der Waals surface area contributed by atoms with E-state index in [1.807, 2.05) is 0 Å². The van der Waals surface area contributed by atoms with Crippen molar-refractivity contribution in [2.24, 2.45) is 5.92 Å². The summed E-state index contributed by atoms with van der Waals surface area (Å²) >= 11 is 0. The van der Waals surface area contributed by atoms with Gasteiger partial charge in [-0.2, -0.15) is 18.2 Å². The number of nitrogens with zero attached hydrogens (tertiary/aromatic N) is 3. The zero-order chi connectivity index (χ0) is 18.9. The summed E-state index contributed by atoms with van der Waals surface area (Å²) in [5, 5.41) is 6.27. The van der Waals surface area contributed by atoms with E-state index in [-0.39, 0.29) is 24.0 Å². The molecule has 1 aliphatic carbocycles. The van der Waals surface area contributed by atoms with E-state index in [4.69, 9.17) is 4.74 Å². The van der Waals surface area contributed by atoms with Crippen LogP contribution in [0.1, 0.15) is 48.6 Å². The number of nitrogens with one attached hydrogen (secondary N) is 1. The average Bonchev–Trinajstić information content (AvgIpc) is 3.20. The summed E-state index contributed by atoms with van der Waals surface area (Å²) in [6.07, 6.45) is -1.67. The van der Waals surface area contributed by atoms with E-state index in [2.05, 4.69) is 25.0 Å². The molecule has 26 heavy (non-hydrogen) atoms. The topological polar surface area (TPSA) is 90.1 Å². The number of aromatic nitrogens is 3. The van der Waals surface area contributed by atoms with E-state index in [0.717, 1.165) is 31.4 Å². The van der Waals surface area contributed by atoms with Crippen molar-refractivity contribution in [2.45, 2.75) is 38.4 Å². The maximum absolute atomic E-state index is 13.1. The molecule has 2 heterocycles. The molecule has 0 radical (unpaired) electrons. The Morgan fingerprint density at radius 1 is 1.35 bits per heavy atom. The van der Waals surface area contributed by atoms with Crippen LogP contribution in [0.4, 0.5) is 13.2 Å². The van der Waals surface area contributed by atoms with Gasteiger partial charge in [-0.1, -0.05) is 5.16 Å². The summed E-state index contributed by atoms with van der Waals surface area (Å²) in [4.78, 5) is 20.1. The minimum atomic E-state index is -4.62. The molecule has 3 rings (SSSR count). The van der Waals surface area contributed by atoms with Crippen molar-refractivity contribution in [1.82, 2.24) is 20.4 Å². The lowest BCUT2D eigenvalue weighted by Gasteiger charge is -2.22. The number of amides is 1. The summed E-state index contributed by atoms with van der Waals surface area (Å²) in [5.74, 6) is -0.797. The summed E-state index contributed by atoms with van der Waals surface area (Å²) in [5.41, 5.74) is -2.20. The maximum atomic E-state index is 13.1. The summed E-state index contributed by atoms with van der Waals surface area (Å²) < 4.78 is 49.3. The molecule has 7 nitrogen and oxygen atoms in total. The van der Waals surface area contributed by atoms with E-state index in [1.54, 1.807) is 13.8 Å². The van der Waals surface area contributed by atoms with Gasteiger partial charge in [-0.15, -0.1) is 0 Å². The highest BCUT2D eigenvalue weighted by molar-refractivity contribution is 5.93. The molecule has 1 aliphatic rings. The molecule has 1 saturated carbocycles. The lowest BCUT2D eigenvalue weighted by atomic mass is 10.0. The van der Waals surface area contributed by atoms with Crippen molar-refractivity contribution in [1.29, 1.82) is 0 Å². The van der Waals surface area contributed by atoms with Gasteiger partial charge < -0.3 is 14.6 Å². The van der Waals surface area contributed by atoms with Gasteiger partial charge >= 0.3 is 6.18 Å². The fraction of sp³-hybridized carbons (Fsp3) is 0.500. The van der Waals surface area contributed by atoms with Crippen LogP contribution in [0.25, 0.3) is 0 Å². The number of carbonyl (C=O) groups is 1. The Balaban J connectivity index is 1.82. The van der Waals surface area contributed by atoms with Gasteiger partial charge in [-0.3, -0.25) is 4.79 Å². The minimum Gasteiger partial charge on any atom is -0.477 e. The third-order valence-electron chi connectivity index (χ3n) is 3.90. The van der Waals surface area contributed by atoms with Gasteiger partial charge in [-0.05, 0) is 44.7 Å². The van der Waals surface area contributed by atoms with Crippen LogP contribution in [-0.2, 0) is 11.7 Å². The molecular formula is C16H17F3N4O3. The van der Waals surface area contributed by atoms with Gasteiger partial charge in [-0.25, -0.2) is 4.98 Å². The first kappa shape index (κ1) is 18.2. The predicted molar refractivity (Wildman–Crippen MR) is 82.2 cm³/mol. The van der Waals surface area contributed by atoms with Crippen LogP contribution < -0.4 is 10.1 Å². The molecule has 0 unspecified atom stereocenters. The molecule has 1 fully saturated rings. The minimum absolute atomic E-state index is 0.148. The Bertz CT molecular complexity index is 787. The van der Waals surface area contributed by atoms with Crippen molar-refractivity contribution in [3.05, 3.63) is 35.6 Å². The first-order valence-corrected chi connectivity index (χ1v) is 7.97. The number of ether oxygens (including phenoxy) is 1. The van der Waals surface area contributed by atoms with Crippen LogP contribution in [-0.4, -0.2) is 27.6 Å². The zero-order valence-corrected chi connectivity index (χ0v) is 14.1. The molecule has 2 aromatic heterocycles. The van der Waals surface area contributed by atoms with Gasteiger partial charge in [0, 0.05) is 0 Å². The fourth-order valence-electron chi connectivity index (χ4n) is 2.22. The lowest BCUT2D eigenvalue weighted by Crippen LogP contribution is -2.42. The molecule has 0 aliphatic heterocycles. The Labute approximate surface area is 146 Å². The third kappa shape index (κ3) is 4.12. The van der Waals surface area contributed by atoms with E-state index in [1.165, 1.54) is 0 Å². The summed E-state index contributed by atoms with van der Waals surface area (Å²) in [6, 6.07) is 1.81. The monoisotopic (exact) mass is 370 g/mol. The van der Waals surface area contributed by atoms with Crippen LogP contribution in [0.5, 0.6) is 5.88 Å². The first-order valence-electron chi connectivity index (χ1n) is 7.97. The van der Waals surface area contributed by atoms with Crippen molar-refractivity contribution in [2.75, 3.05) is 6.61 Å². The fourth-order valence-corrected chi connectivity index (χ4v) is 2.22. The normalized spacial score (nSPS) is 15.0. The highest BCUT2D eigenvalue weighted by atomic mass is 19.4. The molecule has 0 spiro atoms. The molecule has 1 amide bonds. The van der Waals surface area contributed by atoms with Crippen molar-refractivity contribution >= 4 is 5.91 Å². The van der Waals surface area contributed by atoms with Crippen molar-refractivity contribution in [3.8, 4) is 5.88 Å². The van der Waals surface area contributed by atoms with Gasteiger partial charge in [0.05, 0.1) is 12.1 Å². The molecule has 0 aromatic carbocycles. The average molecular weight is 370 g/mol. The number of hydrogen-bond donors (Lipinski definition) is 1. The Morgan fingerprint density at radius 2 is 2.08 bits per heavy atom. The number of carbonyl (C=O) groups excluding carboxylic acids is 1. The molecule has 2 aromatic rings. The highest BCUT2D eigenvalue weighted by Gasteiger charge is 2.37. The summed E-state index contributed by atoms with van der Waals surface area (Å²) in [6.45, 7) is 3.41.